The molecule has 150 valence electrons. The van der Waals surface area contributed by atoms with Gasteiger partial charge in [-0.1, -0.05) is 65.7 Å². The summed E-state index contributed by atoms with van der Waals surface area (Å²) in [5.74, 6) is 0.273. The number of ether oxygens (including phenoxy) is 1. The van der Waals surface area contributed by atoms with Gasteiger partial charge in [-0.25, -0.2) is 4.90 Å². The van der Waals surface area contributed by atoms with Crippen LogP contribution in [-0.2, 0) is 11.4 Å². The van der Waals surface area contributed by atoms with Crippen LogP contribution < -0.4 is 9.64 Å². The SMILES string of the molecule is O=C1S/C(=C/c2cccc(OCc3ccccc3)c2)C(=O)N1c1ccc(Cl)c(Cl)c1. The van der Waals surface area contributed by atoms with Gasteiger partial charge < -0.3 is 4.74 Å². The molecular formula is C23H15Cl2NO3S. The van der Waals surface area contributed by atoms with Crippen molar-refractivity contribution in [3.63, 3.8) is 0 Å². The summed E-state index contributed by atoms with van der Waals surface area (Å²) < 4.78 is 5.83. The molecule has 4 nitrogen and oxygen atoms in total. The minimum absolute atomic E-state index is 0.278. The number of carbonyl (C=O) groups is 2. The van der Waals surface area contributed by atoms with E-state index in [2.05, 4.69) is 0 Å². The van der Waals surface area contributed by atoms with Gasteiger partial charge in [-0.3, -0.25) is 9.59 Å². The van der Waals surface area contributed by atoms with Gasteiger partial charge in [0.05, 0.1) is 20.6 Å². The molecule has 0 bridgehead atoms. The molecule has 4 rings (SSSR count). The van der Waals surface area contributed by atoms with E-state index < -0.39 is 5.91 Å². The number of benzene rings is 3. The molecule has 2 amide bonds. The number of hydrogen-bond acceptors (Lipinski definition) is 4. The Balaban J connectivity index is 1.52. The number of nitrogens with zero attached hydrogens (tertiary/aromatic N) is 1. The molecule has 0 radical (unpaired) electrons. The van der Waals surface area contributed by atoms with Gasteiger partial charge in [-0.2, -0.15) is 0 Å². The van der Waals surface area contributed by atoms with Gasteiger partial charge in [0.15, 0.2) is 0 Å². The lowest BCUT2D eigenvalue weighted by Crippen LogP contribution is -2.27. The second-order valence-electron chi connectivity index (χ2n) is 6.46. The Morgan fingerprint density at radius 2 is 1.70 bits per heavy atom. The average molecular weight is 456 g/mol. The lowest BCUT2D eigenvalue weighted by Gasteiger charge is -2.13. The second kappa shape index (κ2) is 8.96. The molecule has 1 aliphatic heterocycles. The summed E-state index contributed by atoms with van der Waals surface area (Å²) >= 11 is 12.8. The zero-order chi connectivity index (χ0) is 21.1. The van der Waals surface area contributed by atoms with Crippen LogP contribution in [0.15, 0.2) is 77.7 Å². The van der Waals surface area contributed by atoms with Gasteiger partial charge in [0.2, 0.25) is 0 Å². The Kier molecular flexibility index (Phi) is 6.13. The molecule has 0 unspecified atom stereocenters. The van der Waals surface area contributed by atoms with Crippen LogP contribution in [0.25, 0.3) is 6.08 Å². The largest absolute Gasteiger partial charge is 0.489 e. The molecule has 0 N–H and O–H groups in total. The first-order valence-electron chi connectivity index (χ1n) is 9.01. The maximum Gasteiger partial charge on any atom is 0.298 e. The predicted octanol–water partition coefficient (Wildman–Crippen LogP) is 6.81. The van der Waals surface area contributed by atoms with E-state index in [1.807, 2.05) is 54.6 Å². The molecule has 7 heteroatoms. The van der Waals surface area contributed by atoms with Crippen molar-refractivity contribution in [3.8, 4) is 5.75 Å². The van der Waals surface area contributed by atoms with Gasteiger partial charge in [0, 0.05) is 0 Å². The van der Waals surface area contributed by atoms with E-state index in [9.17, 15) is 9.59 Å². The Morgan fingerprint density at radius 3 is 2.47 bits per heavy atom. The smallest absolute Gasteiger partial charge is 0.298 e. The van der Waals surface area contributed by atoms with Crippen LogP contribution >= 0.6 is 35.0 Å². The van der Waals surface area contributed by atoms with Crippen LogP contribution in [0.4, 0.5) is 10.5 Å². The number of carbonyl (C=O) groups excluding carboxylic acids is 2. The van der Waals surface area contributed by atoms with Crippen molar-refractivity contribution in [1.29, 1.82) is 0 Å². The van der Waals surface area contributed by atoms with Gasteiger partial charge in [-0.05, 0) is 59.3 Å². The van der Waals surface area contributed by atoms with Gasteiger partial charge in [-0.15, -0.1) is 0 Å². The van der Waals surface area contributed by atoms with Gasteiger partial charge in [0.25, 0.3) is 11.1 Å². The zero-order valence-corrected chi connectivity index (χ0v) is 17.9. The van der Waals surface area contributed by atoms with Gasteiger partial charge >= 0.3 is 0 Å². The average Bonchev–Trinajstić information content (AvgIpc) is 3.02. The Hall–Kier alpha value is -2.73. The van der Waals surface area contributed by atoms with E-state index in [0.717, 1.165) is 27.8 Å². The van der Waals surface area contributed by atoms with Crippen LogP contribution in [0.1, 0.15) is 11.1 Å². The summed E-state index contributed by atoms with van der Waals surface area (Å²) in [4.78, 5) is 26.7. The fraction of sp³-hybridized carbons (Fsp3) is 0.0435. The second-order valence-corrected chi connectivity index (χ2v) is 8.27. The number of hydrogen-bond donors (Lipinski definition) is 0. The number of imide groups is 1. The molecule has 0 spiro atoms. The van der Waals surface area contributed by atoms with E-state index in [0.29, 0.717) is 28.0 Å². The lowest BCUT2D eigenvalue weighted by molar-refractivity contribution is -0.113. The first-order valence-corrected chi connectivity index (χ1v) is 10.6. The molecule has 0 saturated carbocycles. The quantitative estimate of drug-likeness (QED) is 0.396. The van der Waals surface area contributed by atoms with E-state index in [4.69, 9.17) is 27.9 Å². The maximum atomic E-state index is 12.8. The van der Waals surface area contributed by atoms with Crippen molar-refractivity contribution < 1.29 is 14.3 Å². The summed E-state index contributed by atoms with van der Waals surface area (Å²) in [7, 11) is 0. The van der Waals surface area contributed by atoms with E-state index in [-0.39, 0.29) is 10.3 Å². The van der Waals surface area contributed by atoms with Crippen molar-refractivity contribution in [3.05, 3.63) is 98.9 Å². The molecule has 1 fully saturated rings. The van der Waals surface area contributed by atoms with Crippen molar-refractivity contribution in [2.24, 2.45) is 0 Å². The third kappa shape index (κ3) is 4.54. The third-order valence-electron chi connectivity index (χ3n) is 4.36. The van der Waals surface area contributed by atoms with Crippen LogP contribution in [0.2, 0.25) is 10.0 Å². The molecule has 1 aliphatic rings. The monoisotopic (exact) mass is 455 g/mol. The van der Waals surface area contributed by atoms with E-state index >= 15 is 0 Å². The topological polar surface area (TPSA) is 46.6 Å². The van der Waals surface area contributed by atoms with Crippen molar-refractivity contribution >= 4 is 57.9 Å². The molecule has 1 heterocycles. The number of anilines is 1. The summed E-state index contributed by atoms with van der Waals surface area (Å²) in [5.41, 5.74) is 2.21. The predicted molar refractivity (Wildman–Crippen MR) is 122 cm³/mol. The fourth-order valence-electron chi connectivity index (χ4n) is 2.90. The molecule has 3 aromatic carbocycles. The molecule has 0 aromatic heterocycles. The standard InChI is InChI=1S/C23H15Cl2NO3S/c24-19-10-9-17(13-20(19)25)26-22(27)21(30-23(26)28)12-16-7-4-8-18(11-16)29-14-15-5-2-1-3-6-15/h1-13H,14H2/b21-12+. The van der Waals surface area contributed by atoms with Crippen LogP contribution in [0, 0.1) is 0 Å². The number of rotatable bonds is 5. The molecule has 3 aromatic rings. The summed E-state index contributed by atoms with van der Waals surface area (Å²) in [6, 6.07) is 21.9. The Labute approximate surface area is 188 Å². The number of thioether (sulfide) groups is 1. The molecule has 0 aliphatic carbocycles. The normalized spacial score (nSPS) is 15.1. The minimum Gasteiger partial charge on any atom is -0.489 e. The summed E-state index contributed by atoms with van der Waals surface area (Å²) in [6.07, 6.45) is 1.68. The van der Waals surface area contributed by atoms with Gasteiger partial charge in [0.1, 0.15) is 12.4 Å². The Bertz CT molecular complexity index is 1150. The fourth-order valence-corrected chi connectivity index (χ4v) is 4.03. The van der Waals surface area contributed by atoms with Crippen molar-refractivity contribution in [2.45, 2.75) is 6.61 Å². The minimum atomic E-state index is -0.404. The molecule has 0 atom stereocenters. The van der Waals surface area contributed by atoms with Crippen LogP contribution in [0.3, 0.4) is 0 Å². The third-order valence-corrected chi connectivity index (χ3v) is 5.97. The molecule has 30 heavy (non-hydrogen) atoms. The first kappa shape index (κ1) is 20.5. The number of halogens is 2. The van der Waals surface area contributed by atoms with E-state index in [1.165, 1.54) is 6.07 Å². The zero-order valence-electron chi connectivity index (χ0n) is 15.5. The summed E-state index contributed by atoms with van der Waals surface area (Å²) in [6.45, 7) is 0.443. The van der Waals surface area contributed by atoms with Crippen LogP contribution in [0.5, 0.6) is 5.75 Å². The number of amides is 2. The summed E-state index contributed by atoms with van der Waals surface area (Å²) in [5, 5.41) is 0.247. The Morgan fingerprint density at radius 1 is 0.900 bits per heavy atom. The van der Waals surface area contributed by atoms with Crippen LogP contribution in [-0.4, -0.2) is 11.1 Å². The lowest BCUT2D eigenvalue weighted by atomic mass is 10.2. The van der Waals surface area contributed by atoms with Crippen molar-refractivity contribution in [1.82, 2.24) is 0 Å². The highest BCUT2D eigenvalue weighted by molar-refractivity contribution is 8.19. The maximum absolute atomic E-state index is 12.8. The first-order chi connectivity index (χ1) is 14.5. The van der Waals surface area contributed by atoms with E-state index in [1.54, 1.807) is 18.2 Å². The highest BCUT2D eigenvalue weighted by atomic mass is 35.5. The highest BCUT2D eigenvalue weighted by Crippen LogP contribution is 2.37. The molecular weight excluding hydrogens is 441 g/mol. The molecule has 1 saturated heterocycles. The van der Waals surface area contributed by atoms with Crippen molar-refractivity contribution in [2.75, 3.05) is 4.90 Å². The highest BCUT2D eigenvalue weighted by Gasteiger charge is 2.36.